The van der Waals surface area contributed by atoms with Crippen molar-refractivity contribution >= 4 is 34.2 Å². The number of carbonyl (C=O) groups excluding carboxylic acids is 1. The van der Waals surface area contributed by atoms with Crippen LogP contribution in [-0.4, -0.2) is 13.1 Å². The number of rotatable bonds is 4. The van der Waals surface area contributed by atoms with Crippen LogP contribution in [0.2, 0.25) is 5.02 Å². The number of fused-ring (bicyclic) bond motifs is 1. The van der Waals surface area contributed by atoms with E-state index in [4.69, 9.17) is 20.8 Å². The fraction of sp³-hybridized carbons (Fsp3) is 0.200. The molecule has 1 aromatic heterocycles. The van der Waals surface area contributed by atoms with Gasteiger partial charge in [0, 0.05) is 28.7 Å². The molecule has 1 N–H and O–H groups in total. The van der Waals surface area contributed by atoms with Crippen LogP contribution in [0.1, 0.15) is 27.0 Å². The van der Waals surface area contributed by atoms with Crippen molar-refractivity contribution in [2.45, 2.75) is 20.4 Å². The lowest BCUT2D eigenvalue weighted by Gasteiger charge is -2.13. The lowest BCUT2D eigenvalue weighted by Crippen LogP contribution is -2.08. The molecule has 6 heteroatoms. The van der Waals surface area contributed by atoms with E-state index in [0.717, 1.165) is 27.8 Å². The van der Waals surface area contributed by atoms with Gasteiger partial charge >= 0.3 is 11.6 Å². The maximum atomic E-state index is 11.9. The van der Waals surface area contributed by atoms with Gasteiger partial charge in [-0.15, -0.1) is 0 Å². The van der Waals surface area contributed by atoms with Crippen molar-refractivity contribution in [2.24, 2.45) is 0 Å². The van der Waals surface area contributed by atoms with Crippen molar-refractivity contribution in [1.82, 2.24) is 0 Å². The third-order valence-electron chi connectivity index (χ3n) is 4.24. The molecule has 0 bridgehead atoms. The van der Waals surface area contributed by atoms with E-state index in [0.29, 0.717) is 22.7 Å². The van der Waals surface area contributed by atoms with Crippen LogP contribution in [0.25, 0.3) is 11.0 Å². The fourth-order valence-electron chi connectivity index (χ4n) is 2.74. The minimum absolute atomic E-state index is 0.382. The molecule has 3 rings (SSSR count). The highest BCUT2D eigenvalue weighted by Gasteiger charge is 2.11. The van der Waals surface area contributed by atoms with Crippen molar-refractivity contribution in [2.75, 3.05) is 12.4 Å². The Morgan fingerprint density at radius 3 is 2.65 bits per heavy atom. The summed E-state index contributed by atoms with van der Waals surface area (Å²) in [5, 5.41) is 4.65. The van der Waals surface area contributed by atoms with Gasteiger partial charge in [-0.3, -0.25) is 0 Å². The summed E-state index contributed by atoms with van der Waals surface area (Å²) in [7, 11) is 1.34. The van der Waals surface area contributed by atoms with E-state index in [-0.39, 0.29) is 0 Å². The van der Waals surface area contributed by atoms with Crippen molar-refractivity contribution in [3.8, 4) is 0 Å². The summed E-state index contributed by atoms with van der Waals surface area (Å²) < 4.78 is 10.0. The van der Waals surface area contributed by atoms with E-state index in [2.05, 4.69) is 5.32 Å². The summed E-state index contributed by atoms with van der Waals surface area (Å²) in [5.41, 5.74) is 3.89. The van der Waals surface area contributed by atoms with Crippen LogP contribution in [0, 0.1) is 13.8 Å². The zero-order valence-corrected chi connectivity index (χ0v) is 15.4. The molecule has 5 nitrogen and oxygen atoms in total. The molecule has 0 aliphatic carbocycles. The van der Waals surface area contributed by atoms with Crippen molar-refractivity contribution in [1.29, 1.82) is 0 Å². The van der Waals surface area contributed by atoms with E-state index in [9.17, 15) is 9.59 Å². The Hall–Kier alpha value is -2.79. The van der Waals surface area contributed by atoms with Gasteiger partial charge in [0.05, 0.1) is 12.7 Å². The molecular formula is C20H18ClNO4. The standard InChI is InChI=1S/C20H18ClNO4/c1-11-4-5-13(20(24)25-3)7-17(11)22-10-14-8-19(23)26-18-6-12(2)16(21)9-15(14)18/h4-9,22H,10H2,1-3H3. The van der Waals surface area contributed by atoms with Gasteiger partial charge in [0.2, 0.25) is 0 Å². The molecule has 0 saturated heterocycles. The van der Waals surface area contributed by atoms with Crippen molar-refractivity contribution in [3.63, 3.8) is 0 Å². The second-order valence-corrected chi connectivity index (χ2v) is 6.47. The second-order valence-electron chi connectivity index (χ2n) is 6.06. The number of anilines is 1. The van der Waals surface area contributed by atoms with Gasteiger partial charge in [-0.2, -0.15) is 0 Å². The monoisotopic (exact) mass is 371 g/mol. The van der Waals surface area contributed by atoms with Gasteiger partial charge in [-0.25, -0.2) is 9.59 Å². The number of ether oxygens (including phenoxy) is 1. The van der Waals surface area contributed by atoms with Gasteiger partial charge in [0.1, 0.15) is 5.58 Å². The predicted molar refractivity (Wildman–Crippen MR) is 102 cm³/mol. The molecule has 0 atom stereocenters. The van der Waals surface area contributed by atoms with E-state index in [1.165, 1.54) is 13.2 Å². The number of aryl methyl sites for hydroxylation is 2. The average Bonchev–Trinajstić information content (AvgIpc) is 2.61. The molecule has 26 heavy (non-hydrogen) atoms. The van der Waals surface area contributed by atoms with Crippen LogP contribution in [0.5, 0.6) is 0 Å². The Bertz CT molecular complexity index is 1060. The van der Waals surface area contributed by atoms with Gasteiger partial charge in [0.25, 0.3) is 0 Å². The minimum atomic E-state index is -0.420. The SMILES string of the molecule is COC(=O)c1ccc(C)c(NCc2cc(=O)oc3cc(C)c(Cl)cc23)c1. The van der Waals surface area contributed by atoms with E-state index in [1.807, 2.05) is 19.9 Å². The first-order valence-corrected chi connectivity index (χ1v) is 8.42. The number of methoxy groups -OCH3 is 1. The molecule has 0 radical (unpaired) electrons. The zero-order valence-electron chi connectivity index (χ0n) is 14.7. The quantitative estimate of drug-likeness (QED) is 0.541. The lowest BCUT2D eigenvalue weighted by atomic mass is 10.1. The molecule has 0 aliphatic rings. The van der Waals surface area contributed by atoms with Gasteiger partial charge in [-0.05, 0) is 54.8 Å². The van der Waals surface area contributed by atoms with Crippen LogP contribution in [-0.2, 0) is 11.3 Å². The Kier molecular flexibility index (Phi) is 5.00. The highest BCUT2D eigenvalue weighted by Crippen LogP contribution is 2.26. The molecule has 0 spiro atoms. The summed E-state index contributed by atoms with van der Waals surface area (Å²) in [5.74, 6) is -0.402. The van der Waals surface area contributed by atoms with Crippen LogP contribution in [0.3, 0.4) is 0 Å². The van der Waals surface area contributed by atoms with E-state index < -0.39 is 11.6 Å². The van der Waals surface area contributed by atoms with Crippen LogP contribution >= 0.6 is 11.6 Å². The van der Waals surface area contributed by atoms with Gasteiger partial charge < -0.3 is 14.5 Å². The average molecular weight is 372 g/mol. The normalized spacial score (nSPS) is 10.8. The Morgan fingerprint density at radius 1 is 1.15 bits per heavy atom. The van der Waals surface area contributed by atoms with Crippen LogP contribution < -0.4 is 10.9 Å². The number of esters is 1. The topological polar surface area (TPSA) is 68.5 Å². The molecule has 0 aliphatic heterocycles. The second kappa shape index (κ2) is 7.22. The Morgan fingerprint density at radius 2 is 1.92 bits per heavy atom. The highest BCUT2D eigenvalue weighted by molar-refractivity contribution is 6.32. The first-order valence-electron chi connectivity index (χ1n) is 8.05. The summed E-state index contributed by atoms with van der Waals surface area (Å²) in [4.78, 5) is 23.6. The summed E-state index contributed by atoms with van der Waals surface area (Å²) in [6.07, 6.45) is 0. The Labute approximate surface area is 155 Å². The summed E-state index contributed by atoms with van der Waals surface area (Å²) >= 11 is 6.22. The molecule has 2 aromatic carbocycles. The smallest absolute Gasteiger partial charge is 0.337 e. The highest BCUT2D eigenvalue weighted by atomic mass is 35.5. The first kappa shape index (κ1) is 18.0. The van der Waals surface area contributed by atoms with Crippen LogP contribution in [0.4, 0.5) is 5.69 Å². The number of halogens is 1. The molecule has 3 aromatic rings. The molecule has 0 unspecified atom stereocenters. The minimum Gasteiger partial charge on any atom is -0.465 e. The largest absolute Gasteiger partial charge is 0.465 e. The van der Waals surface area contributed by atoms with Crippen molar-refractivity contribution in [3.05, 3.63) is 74.1 Å². The van der Waals surface area contributed by atoms with E-state index >= 15 is 0 Å². The maximum Gasteiger partial charge on any atom is 0.337 e. The number of hydrogen-bond donors (Lipinski definition) is 1. The molecule has 0 amide bonds. The third-order valence-corrected chi connectivity index (χ3v) is 4.64. The third kappa shape index (κ3) is 3.58. The van der Waals surface area contributed by atoms with Crippen LogP contribution in [0.15, 0.2) is 45.6 Å². The number of hydrogen-bond acceptors (Lipinski definition) is 5. The lowest BCUT2D eigenvalue weighted by molar-refractivity contribution is 0.0601. The number of carbonyl (C=O) groups is 1. The molecule has 134 valence electrons. The maximum absolute atomic E-state index is 11.9. The van der Waals surface area contributed by atoms with Gasteiger partial charge in [-0.1, -0.05) is 17.7 Å². The number of nitrogens with one attached hydrogen (secondary N) is 1. The molecule has 1 heterocycles. The summed E-state index contributed by atoms with van der Waals surface area (Å²) in [6, 6.07) is 10.3. The molecule has 0 saturated carbocycles. The fourth-order valence-corrected chi connectivity index (χ4v) is 2.91. The zero-order chi connectivity index (χ0) is 18.8. The van der Waals surface area contributed by atoms with Gasteiger partial charge in [0.15, 0.2) is 0 Å². The van der Waals surface area contributed by atoms with E-state index in [1.54, 1.807) is 24.3 Å². The first-order chi connectivity index (χ1) is 12.4. The Balaban J connectivity index is 1.96. The molecular weight excluding hydrogens is 354 g/mol. The summed E-state index contributed by atoms with van der Waals surface area (Å²) in [6.45, 7) is 4.17. The predicted octanol–water partition coefficient (Wildman–Crippen LogP) is 4.46. The number of benzene rings is 2. The molecule has 0 fully saturated rings. The van der Waals surface area contributed by atoms with Crippen molar-refractivity contribution < 1.29 is 13.9 Å².